The van der Waals surface area contributed by atoms with Crippen LogP contribution in [0.1, 0.15) is 53.4 Å². The van der Waals surface area contributed by atoms with Crippen LogP contribution < -0.4 is 10.6 Å². The van der Waals surface area contributed by atoms with Crippen molar-refractivity contribution < 1.29 is 4.79 Å². The zero-order chi connectivity index (χ0) is 18.9. The Labute approximate surface area is 182 Å². The van der Waals surface area contributed by atoms with E-state index < -0.39 is 0 Å². The van der Waals surface area contributed by atoms with Crippen LogP contribution in [0.25, 0.3) is 0 Å². The minimum Gasteiger partial charge on any atom is -0.357 e. The minimum absolute atomic E-state index is 0. The van der Waals surface area contributed by atoms with Crippen molar-refractivity contribution >= 4 is 35.8 Å². The molecule has 0 bridgehead atoms. The topological polar surface area (TPSA) is 60.0 Å². The fourth-order valence-corrected chi connectivity index (χ4v) is 3.93. The monoisotopic (exact) mass is 493 g/mol. The van der Waals surface area contributed by atoms with E-state index in [0.717, 1.165) is 57.4 Å². The third kappa shape index (κ3) is 8.54. The molecule has 27 heavy (non-hydrogen) atoms. The molecular weight excluding hydrogens is 453 g/mol. The summed E-state index contributed by atoms with van der Waals surface area (Å²) in [6.07, 6.45) is 4.81. The Morgan fingerprint density at radius 2 is 2.00 bits per heavy atom. The molecule has 2 aliphatic heterocycles. The number of guanidine groups is 1. The number of amides is 1. The van der Waals surface area contributed by atoms with Crippen molar-refractivity contribution in [2.75, 3.05) is 45.8 Å². The minimum atomic E-state index is 0. The zero-order valence-electron chi connectivity index (χ0n) is 17.7. The van der Waals surface area contributed by atoms with Gasteiger partial charge < -0.3 is 20.4 Å². The molecule has 0 aliphatic carbocycles. The number of piperidine rings is 1. The van der Waals surface area contributed by atoms with Crippen LogP contribution in [0.4, 0.5) is 0 Å². The first-order valence-electron chi connectivity index (χ1n) is 10.6. The van der Waals surface area contributed by atoms with Gasteiger partial charge in [-0.2, -0.15) is 0 Å². The second-order valence-electron chi connectivity index (χ2n) is 8.23. The van der Waals surface area contributed by atoms with E-state index >= 15 is 0 Å². The second kappa shape index (κ2) is 12.8. The highest BCUT2D eigenvalue weighted by Gasteiger charge is 2.27. The average Bonchev–Trinajstić information content (AvgIpc) is 3.06. The van der Waals surface area contributed by atoms with E-state index in [0.29, 0.717) is 6.04 Å². The Balaban J connectivity index is 0.00000364. The molecule has 2 fully saturated rings. The number of carbonyl (C=O) groups is 1. The molecule has 2 saturated heterocycles. The van der Waals surface area contributed by atoms with Gasteiger partial charge in [-0.3, -0.25) is 9.79 Å². The van der Waals surface area contributed by atoms with Crippen LogP contribution in [0, 0.1) is 11.8 Å². The van der Waals surface area contributed by atoms with E-state index in [1.807, 2.05) is 18.7 Å². The molecule has 0 saturated carbocycles. The summed E-state index contributed by atoms with van der Waals surface area (Å²) in [6.45, 7) is 15.4. The van der Waals surface area contributed by atoms with Gasteiger partial charge in [-0.1, -0.05) is 20.8 Å². The van der Waals surface area contributed by atoms with Crippen molar-refractivity contribution in [1.29, 1.82) is 0 Å². The maximum absolute atomic E-state index is 12.1. The third-order valence-corrected chi connectivity index (χ3v) is 5.32. The van der Waals surface area contributed by atoms with Gasteiger partial charge in [0.2, 0.25) is 5.91 Å². The molecule has 0 aromatic carbocycles. The summed E-state index contributed by atoms with van der Waals surface area (Å²) in [4.78, 5) is 21.4. The lowest BCUT2D eigenvalue weighted by molar-refractivity contribution is -0.133. The zero-order valence-corrected chi connectivity index (χ0v) is 20.0. The van der Waals surface area contributed by atoms with Crippen molar-refractivity contribution in [3.05, 3.63) is 0 Å². The van der Waals surface area contributed by atoms with Crippen molar-refractivity contribution in [3.8, 4) is 0 Å². The summed E-state index contributed by atoms with van der Waals surface area (Å²) in [5.74, 6) is 2.06. The Morgan fingerprint density at radius 1 is 1.22 bits per heavy atom. The first-order chi connectivity index (χ1) is 12.5. The SMILES string of the molecule is CCNC(=NCCCN1CCCC(C)C1)NC1CCN(C(=O)C(C)C)C1.I. The molecule has 2 unspecified atom stereocenters. The number of nitrogens with zero attached hydrogens (tertiary/aromatic N) is 3. The van der Waals surface area contributed by atoms with Gasteiger partial charge in [-0.15, -0.1) is 24.0 Å². The second-order valence-corrected chi connectivity index (χ2v) is 8.23. The van der Waals surface area contributed by atoms with Gasteiger partial charge >= 0.3 is 0 Å². The molecule has 0 aromatic rings. The first-order valence-corrected chi connectivity index (χ1v) is 10.6. The number of halogens is 1. The normalized spacial score (nSPS) is 24.0. The van der Waals surface area contributed by atoms with Crippen molar-refractivity contribution in [3.63, 3.8) is 0 Å². The molecule has 158 valence electrons. The van der Waals surface area contributed by atoms with Crippen molar-refractivity contribution in [2.24, 2.45) is 16.8 Å². The van der Waals surface area contributed by atoms with Gasteiger partial charge in [-0.05, 0) is 51.6 Å². The molecule has 6 nitrogen and oxygen atoms in total. The standard InChI is InChI=1S/C20H39N5O.HI/c1-5-21-20(22-10-7-12-24-11-6-8-17(4)14-24)23-18-9-13-25(15-18)19(26)16(2)3;/h16-18H,5-15H2,1-4H3,(H2,21,22,23);1H. The summed E-state index contributed by atoms with van der Waals surface area (Å²) >= 11 is 0. The predicted octanol–water partition coefficient (Wildman–Crippen LogP) is 2.54. The van der Waals surface area contributed by atoms with E-state index in [1.54, 1.807) is 0 Å². The molecule has 2 aliphatic rings. The molecule has 7 heteroatoms. The van der Waals surface area contributed by atoms with Crippen LogP contribution in [0.3, 0.4) is 0 Å². The van der Waals surface area contributed by atoms with Gasteiger partial charge in [0, 0.05) is 44.7 Å². The fraction of sp³-hybridized carbons (Fsp3) is 0.900. The Kier molecular flexibility index (Phi) is 11.6. The quantitative estimate of drug-likeness (QED) is 0.248. The first kappa shape index (κ1) is 24.5. The number of rotatable bonds is 7. The molecule has 0 spiro atoms. The van der Waals surface area contributed by atoms with Crippen LogP contribution >= 0.6 is 24.0 Å². The lowest BCUT2D eigenvalue weighted by Gasteiger charge is -2.30. The van der Waals surface area contributed by atoms with Crippen molar-refractivity contribution in [1.82, 2.24) is 20.4 Å². The number of carbonyl (C=O) groups excluding carboxylic acids is 1. The van der Waals surface area contributed by atoms with Crippen LogP contribution in [-0.4, -0.2) is 73.5 Å². The third-order valence-electron chi connectivity index (χ3n) is 5.32. The Hall–Kier alpha value is -0.570. The molecule has 2 rings (SSSR count). The summed E-state index contributed by atoms with van der Waals surface area (Å²) < 4.78 is 0. The van der Waals surface area contributed by atoms with Crippen molar-refractivity contribution in [2.45, 2.75) is 59.4 Å². The Bertz CT molecular complexity index is 471. The number of hydrogen-bond donors (Lipinski definition) is 2. The number of aliphatic imine (C=N–C) groups is 1. The molecule has 2 heterocycles. The average molecular weight is 493 g/mol. The van der Waals surface area contributed by atoms with Gasteiger partial charge in [0.05, 0.1) is 0 Å². The lowest BCUT2D eigenvalue weighted by atomic mass is 10.0. The van der Waals surface area contributed by atoms with Crippen LogP contribution in [-0.2, 0) is 4.79 Å². The summed E-state index contributed by atoms with van der Waals surface area (Å²) in [7, 11) is 0. The summed E-state index contributed by atoms with van der Waals surface area (Å²) in [6, 6.07) is 0.304. The summed E-state index contributed by atoms with van der Waals surface area (Å²) in [5.41, 5.74) is 0. The molecule has 0 aromatic heterocycles. The van der Waals surface area contributed by atoms with E-state index in [1.165, 1.54) is 25.9 Å². The van der Waals surface area contributed by atoms with Gasteiger partial charge in [0.15, 0.2) is 5.96 Å². The molecule has 2 N–H and O–H groups in total. The highest BCUT2D eigenvalue weighted by atomic mass is 127. The highest BCUT2D eigenvalue weighted by Crippen LogP contribution is 2.15. The Morgan fingerprint density at radius 3 is 2.67 bits per heavy atom. The fourth-order valence-electron chi connectivity index (χ4n) is 3.93. The number of likely N-dealkylation sites (tertiary alicyclic amines) is 2. The van der Waals surface area contributed by atoms with Gasteiger partial charge in [0.25, 0.3) is 0 Å². The lowest BCUT2D eigenvalue weighted by Crippen LogP contribution is -2.45. The molecular formula is C20H40IN5O. The number of hydrogen-bond acceptors (Lipinski definition) is 3. The summed E-state index contributed by atoms with van der Waals surface area (Å²) in [5, 5.41) is 6.86. The molecule has 0 radical (unpaired) electrons. The van der Waals surface area contributed by atoms with E-state index in [4.69, 9.17) is 4.99 Å². The van der Waals surface area contributed by atoms with Crippen LogP contribution in [0.15, 0.2) is 4.99 Å². The molecule has 2 atom stereocenters. The van der Waals surface area contributed by atoms with Crippen LogP contribution in [0.5, 0.6) is 0 Å². The van der Waals surface area contributed by atoms with E-state index in [9.17, 15) is 4.79 Å². The largest absolute Gasteiger partial charge is 0.357 e. The van der Waals surface area contributed by atoms with Gasteiger partial charge in [0.1, 0.15) is 0 Å². The van der Waals surface area contributed by atoms with E-state index in [2.05, 4.69) is 29.4 Å². The van der Waals surface area contributed by atoms with Crippen LogP contribution in [0.2, 0.25) is 0 Å². The smallest absolute Gasteiger partial charge is 0.225 e. The molecule has 1 amide bonds. The number of nitrogens with one attached hydrogen (secondary N) is 2. The highest BCUT2D eigenvalue weighted by molar-refractivity contribution is 14.0. The maximum atomic E-state index is 12.1. The predicted molar refractivity (Wildman–Crippen MR) is 124 cm³/mol. The maximum Gasteiger partial charge on any atom is 0.225 e. The van der Waals surface area contributed by atoms with E-state index in [-0.39, 0.29) is 35.8 Å². The van der Waals surface area contributed by atoms with Gasteiger partial charge in [-0.25, -0.2) is 0 Å².